The molecule has 31 heavy (non-hydrogen) atoms. The van der Waals surface area contributed by atoms with E-state index in [9.17, 15) is 9.59 Å². The van der Waals surface area contributed by atoms with Crippen LogP contribution < -0.4 is 5.32 Å². The molecule has 2 amide bonds. The van der Waals surface area contributed by atoms with E-state index in [1.54, 1.807) is 0 Å². The third kappa shape index (κ3) is 3.53. The van der Waals surface area contributed by atoms with E-state index in [0.29, 0.717) is 18.1 Å². The fraction of sp³-hybridized carbons (Fsp3) is 0.652. The Bertz CT molecular complexity index is 977. The maximum Gasteiger partial charge on any atom is 0.238 e. The van der Waals surface area contributed by atoms with Gasteiger partial charge in [-0.2, -0.15) is 8.75 Å². The average Bonchev–Trinajstić information content (AvgIpc) is 3.23. The maximum atomic E-state index is 13.5. The molecule has 164 valence electrons. The van der Waals surface area contributed by atoms with Crippen molar-refractivity contribution < 1.29 is 9.59 Å². The van der Waals surface area contributed by atoms with Crippen molar-refractivity contribution in [3.8, 4) is 0 Å². The summed E-state index contributed by atoms with van der Waals surface area (Å²) in [5, 5.41) is 2.98. The minimum Gasteiger partial charge on any atom is -0.340 e. The zero-order valence-electron chi connectivity index (χ0n) is 17.8. The van der Waals surface area contributed by atoms with Crippen molar-refractivity contribution in [3.05, 3.63) is 18.2 Å². The van der Waals surface area contributed by atoms with Gasteiger partial charge < -0.3 is 10.2 Å². The van der Waals surface area contributed by atoms with Crippen molar-refractivity contribution in [1.82, 2.24) is 18.5 Å². The van der Waals surface area contributed by atoms with Gasteiger partial charge in [-0.05, 0) is 68.4 Å². The lowest BCUT2D eigenvalue weighted by Crippen LogP contribution is -2.58. The number of anilines is 1. The Morgan fingerprint density at radius 2 is 1.68 bits per heavy atom. The Morgan fingerprint density at radius 3 is 2.35 bits per heavy atom. The van der Waals surface area contributed by atoms with Gasteiger partial charge in [0.05, 0.1) is 29.4 Å². The van der Waals surface area contributed by atoms with E-state index in [-0.39, 0.29) is 11.3 Å². The van der Waals surface area contributed by atoms with Crippen molar-refractivity contribution in [2.45, 2.75) is 38.5 Å². The Kier molecular flexibility index (Phi) is 4.76. The van der Waals surface area contributed by atoms with Crippen LogP contribution in [0.1, 0.15) is 38.5 Å². The van der Waals surface area contributed by atoms with Gasteiger partial charge in [0.25, 0.3) is 0 Å². The average molecular weight is 440 g/mol. The summed E-state index contributed by atoms with van der Waals surface area (Å²) < 4.78 is 8.51. The SMILES string of the molecule is O=C(CN1CCN(C(=O)C23CC4CC(CC(C4)C2)C3)CC1)Nc1cccc2nsnc12. The summed E-state index contributed by atoms with van der Waals surface area (Å²) in [4.78, 5) is 30.4. The van der Waals surface area contributed by atoms with Gasteiger partial charge in [-0.25, -0.2) is 0 Å². The number of nitrogens with zero attached hydrogens (tertiary/aromatic N) is 4. The minimum absolute atomic E-state index is 0.0404. The Hall–Kier alpha value is -2.06. The Morgan fingerprint density at radius 1 is 1.00 bits per heavy atom. The standard InChI is InChI=1S/C23H29N5O2S/c29-20(24-18-2-1-3-19-21(18)26-31-25-19)14-27-4-6-28(7-5-27)22(30)23-11-15-8-16(12-23)10-17(9-15)13-23/h1-3,15-17H,4-14H2,(H,24,29). The van der Waals surface area contributed by atoms with E-state index in [2.05, 4.69) is 23.9 Å². The van der Waals surface area contributed by atoms with E-state index in [1.807, 2.05) is 18.2 Å². The number of fused-ring (bicyclic) bond motifs is 1. The number of benzene rings is 1. The lowest BCUT2D eigenvalue weighted by atomic mass is 9.49. The first-order chi connectivity index (χ1) is 15.1. The number of amides is 2. The highest BCUT2D eigenvalue weighted by molar-refractivity contribution is 7.00. The van der Waals surface area contributed by atoms with Crippen LogP contribution in [0.5, 0.6) is 0 Å². The summed E-state index contributed by atoms with van der Waals surface area (Å²) in [6.45, 7) is 3.33. The molecule has 0 radical (unpaired) electrons. The van der Waals surface area contributed by atoms with Gasteiger partial charge in [-0.15, -0.1) is 0 Å². The van der Waals surface area contributed by atoms with Crippen molar-refractivity contribution >= 4 is 40.3 Å². The smallest absolute Gasteiger partial charge is 0.238 e. The molecule has 0 atom stereocenters. The molecule has 1 N–H and O–H groups in total. The Balaban J connectivity index is 1.04. The predicted molar refractivity (Wildman–Crippen MR) is 120 cm³/mol. The summed E-state index contributed by atoms with van der Waals surface area (Å²) >= 11 is 1.15. The third-order valence-corrected chi connectivity index (χ3v) is 8.62. The summed E-state index contributed by atoms with van der Waals surface area (Å²) in [7, 11) is 0. The van der Waals surface area contributed by atoms with E-state index in [1.165, 1.54) is 19.3 Å². The molecule has 2 aromatic rings. The molecular formula is C23H29N5O2S. The molecule has 4 saturated carbocycles. The molecule has 4 aliphatic carbocycles. The van der Waals surface area contributed by atoms with Crippen molar-refractivity contribution in [3.63, 3.8) is 0 Å². The minimum atomic E-state index is -0.0610. The molecule has 7 rings (SSSR count). The van der Waals surface area contributed by atoms with Gasteiger partial charge in [0.2, 0.25) is 11.8 Å². The fourth-order valence-electron chi connectivity index (χ4n) is 7.12. The molecule has 0 unspecified atom stereocenters. The van der Waals surface area contributed by atoms with Crippen LogP contribution in [-0.4, -0.2) is 63.1 Å². The molecule has 8 heteroatoms. The van der Waals surface area contributed by atoms with Crippen LogP contribution in [0, 0.1) is 23.2 Å². The first-order valence-electron chi connectivity index (χ1n) is 11.6. The Labute approximate surface area is 186 Å². The first-order valence-corrected chi connectivity index (χ1v) is 12.3. The normalized spacial score (nSPS) is 32.5. The molecule has 5 fully saturated rings. The maximum absolute atomic E-state index is 13.5. The van der Waals surface area contributed by atoms with E-state index >= 15 is 0 Å². The molecule has 1 saturated heterocycles. The lowest BCUT2D eigenvalue weighted by molar-refractivity contribution is -0.159. The van der Waals surface area contributed by atoms with Gasteiger partial charge in [-0.1, -0.05) is 6.07 Å². The monoisotopic (exact) mass is 439 g/mol. The number of hydrogen-bond acceptors (Lipinski definition) is 6. The predicted octanol–water partition coefficient (Wildman–Crippen LogP) is 2.99. The molecule has 1 aliphatic heterocycles. The van der Waals surface area contributed by atoms with Gasteiger partial charge in [-0.3, -0.25) is 14.5 Å². The topological polar surface area (TPSA) is 78.4 Å². The van der Waals surface area contributed by atoms with Crippen LogP contribution >= 0.6 is 11.7 Å². The molecule has 1 aromatic heterocycles. The molecular weight excluding hydrogens is 410 g/mol. The van der Waals surface area contributed by atoms with E-state index in [4.69, 9.17) is 0 Å². The van der Waals surface area contributed by atoms with Crippen LogP contribution in [0.4, 0.5) is 5.69 Å². The number of hydrogen-bond donors (Lipinski definition) is 1. The summed E-state index contributed by atoms with van der Waals surface area (Å²) in [5.41, 5.74) is 2.20. The largest absolute Gasteiger partial charge is 0.340 e. The van der Waals surface area contributed by atoms with E-state index in [0.717, 1.165) is 86.0 Å². The van der Waals surface area contributed by atoms with Gasteiger partial charge >= 0.3 is 0 Å². The highest BCUT2D eigenvalue weighted by Gasteiger charge is 2.55. The number of carbonyl (C=O) groups is 2. The third-order valence-electron chi connectivity index (χ3n) is 8.08. The summed E-state index contributed by atoms with van der Waals surface area (Å²) in [6.07, 6.45) is 7.45. The van der Waals surface area contributed by atoms with E-state index < -0.39 is 0 Å². The molecule has 2 heterocycles. The highest BCUT2D eigenvalue weighted by Crippen LogP contribution is 2.60. The zero-order valence-corrected chi connectivity index (χ0v) is 18.6. The number of rotatable bonds is 4. The molecule has 1 aromatic carbocycles. The first kappa shape index (κ1) is 19.6. The second-order valence-electron chi connectivity index (χ2n) is 10.3. The van der Waals surface area contributed by atoms with Crippen molar-refractivity contribution in [1.29, 1.82) is 0 Å². The van der Waals surface area contributed by atoms with Crippen molar-refractivity contribution in [2.24, 2.45) is 23.2 Å². The quantitative estimate of drug-likeness (QED) is 0.792. The molecule has 0 spiro atoms. The highest BCUT2D eigenvalue weighted by atomic mass is 32.1. The second-order valence-corrected chi connectivity index (χ2v) is 10.8. The van der Waals surface area contributed by atoms with Gasteiger partial charge in [0.15, 0.2) is 0 Å². The van der Waals surface area contributed by atoms with Crippen LogP contribution in [0.2, 0.25) is 0 Å². The zero-order chi connectivity index (χ0) is 21.0. The van der Waals surface area contributed by atoms with Crippen LogP contribution in [-0.2, 0) is 9.59 Å². The number of aromatic nitrogens is 2. The number of carbonyl (C=O) groups excluding carboxylic acids is 2. The van der Waals surface area contributed by atoms with Crippen LogP contribution in [0.15, 0.2) is 18.2 Å². The molecule has 4 bridgehead atoms. The summed E-state index contributed by atoms with van der Waals surface area (Å²) in [5.74, 6) is 2.74. The molecule has 7 nitrogen and oxygen atoms in total. The number of piperazine rings is 1. The second kappa shape index (κ2) is 7.52. The summed E-state index contributed by atoms with van der Waals surface area (Å²) in [6, 6.07) is 5.65. The van der Waals surface area contributed by atoms with Crippen LogP contribution in [0.3, 0.4) is 0 Å². The van der Waals surface area contributed by atoms with Gasteiger partial charge in [0, 0.05) is 26.2 Å². The van der Waals surface area contributed by atoms with Crippen LogP contribution in [0.25, 0.3) is 11.0 Å². The van der Waals surface area contributed by atoms with Gasteiger partial charge in [0.1, 0.15) is 11.0 Å². The lowest BCUT2D eigenvalue weighted by Gasteiger charge is -2.57. The fourth-order valence-corrected chi connectivity index (χ4v) is 7.67. The van der Waals surface area contributed by atoms with Crippen molar-refractivity contribution in [2.75, 3.05) is 38.0 Å². The number of nitrogens with one attached hydrogen (secondary N) is 1. The molecule has 5 aliphatic rings.